The Morgan fingerprint density at radius 2 is 1.67 bits per heavy atom. The molecule has 18 heavy (non-hydrogen) atoms. The first-order valence-corrected chi connectivity index (χ1v) is 5.51. The molecule has 0 atom stereocenters. The van der Waals surface area contributed by atoms with Crippen molar-refractivity contribution >= 4 is 35.4 Å². The molecule has 0 amide bonds. The smallest absolute Gasteiger partial charge is 0.245 e. The Bertz CT molecular complexity index is 553. The van der Waals surface area contributed by atoms with Gasteiger partial charge < -0.3 is 0 Å². The van der Waals surface area contributed by atoms with Crippen LogP contribution in [0.15, 0.2) is 29.4 Å². The maximum atomic E-state index is 12.6. The van der Waals surface area contributed by atoms with Crippen LogP contribution in [-0.2, 0) is 0 Å². The number of nitrogens with zero attached hydrogens (tertiary/aromatic N) is 4. The highest BCUT2D eigenvalue weighted by molar-refractivity contribution is 6.31. The highest BCUT2D eigenvalue weighted by Crippen LogP contribution is 2.09. The third-order valence-corrected chi connectivity index (χ3v) is 2.17. The van der Waals surface area contributed by atoms with Gasteiger partial charge in [0.05, 0.1) is 6.21 Å². The highest BCUT2D eigenvalue weighted by atomic mass is 35.5. The van der Waals surface area contributed by atoms with Crippen molar-refractivity contribution in [2.45, 2.75) is 0 Å². The quantitative estimate of drug-likeness (QED) is 0.696. The molecule has 0 aliphatic carbocycles. The van der Waals surface area contributed by atoms with Crippen molar-refractivity contribution < 1.29 is 4.39 Å². The Hall–Kier alpha value is -1.79. The summed E-state index contributed by atoms with van der Waals surface area (Å²) in [4.78, 5) is 11.1. The van der Waals surface area contributed by atoms with Crippen LogP contribution < -0.4 is 5.43 Å². The van der Waals surface area contributed by atoms with Crippen LogP contribution in [0.4, 0.5) is 10.3 Å². The van der Waals surface area contributed by atoms with Crippen molar-refractivity contribution in [3.05, 3.63) is 46.2 Å². The predicted octanol–water partition coefficient (Wildman–Crippen LogP) is 2.76. The SMILES string of the molecule is Fc1ccc(/C=N/Nc2nc(Cl)nc(Cl)n2)cc1. The van der Waals surface area contributed by atoms with E-state index in [1.165, 1.54) is 18.3 Å². The molecule has 5 nitrogen and oxygen atoms in total. The zero-order valence-electron chi connectivity index (χ0n) is 8.81. The topological polar surface area (TPSA) is 63.1 Å². The molecular weight excluding hydrogens is 280 g/mol. The zero-order valence-corrected chi connectivity index (χ0v) is 10.3. The van der Waals surface area contributed by atoms with E-state index in [1.54, 1.807) is 12.1 Å². The summed E-state index contributed by atoms with van der Waals surface area (Å²) < 4.78 is 12.6. The van der Waals surface area contributed by atoms with Gasteiger partial charge in [-0.1, -0.05) is 12.1 Å². The standard InChI is InChI=1S/C10H6Cl2FN5/c11-8-15-9(12)17-10(16-8)18-14-5-6-1-3-7(13)4-2-6/h1-5H,(H,15,16,17,18)/b14-5+. The van der Waals surface area contributed by atoms with E-state index >= 15 is 0 Å². The fourth-order valence-electron chi connectivity index (χ4n) is 1.09. The molecule has 0 radical (unpaired) electrons. The number of aromatic nitrogens is 3. The molecule has 0 saturated carbocycles. The van der Waals surface area contributed by atoms with Crippen LogP contribution in [0.1, 0.15) is 5.56 Å². The minimum Gasteiger partial charge on any atom is -0.245 e. The van der Waals surface area contributed by atoms with E-state index in [0.717, 1.165) is 5.56 Å². The van der Waals surface area contributed by atoms with Gasteiger partial charge in [0, 0.05) is 0 Å². The fraction of sp³-hybridized carbons (Fsp3) is 0. The third-order valence-electron chi connectivity index (χ3n) is 1.83. The normalized spacial score (nSPS) is 10.8. The van der Waals surface area contributed by atoms with Crippen molar-refractivity contribution in [2.24, 2.45) is 5.10 Å². The van der Waals surface area contributed by atoms with E-state index in [-0.39, 0.29) is 22.3 Å². The Morgan fingerprint density at radius 3 is 2.28 bits per heavy atom. The molecule has 0 bridgehead atoms. The number of hydrogen-bond acceptors (Lipinski definition) is 5. The number of nitrogens with one attached hydrogen (secondary N) is 1. The maximum absolute atomic E-state index is 12.6. The molecule has 1 heterocycles. The third kappa shape index (κ3) is 3.61. The molecule has 1 aromatic heterocycles. The molecule has 0 saturated heterocycles. The summed E-state index contributed by atoms with van der Waals surface area (Å²) in [6.45, 7) is 0. The Morgan fingerprint density at radius 1 is 1.06 bits per heavy atom. The molecule has 0 aliphatic rings. The molecule has 2 rings (SSSR count). The second-order valence-electron chi connectivity index (χ2n) is 3.12. The summed E-state index contributed by atoms with van der Waals surface area (Å²) >= 11 is 11.2. The molecule has 0 spiro atoms. The van der Waals surface area contributed by atoms with Crippen LogP contribution in [0, 0.1) is 5.82 Å². The van der Waals surface area contributed by atoms with Crippen LogP contribution in [0.3, 0.4) is 0 Å². The van der Waals surface area contributed by atoms with Gasteiger partial charge in [-0.05, 0) is 40.9 Å². The average molecular weight is 286 g/mol. The lowest BCUT2D eigenvalue weighted by Gasteiger charge is -1.98. The first-order chi connectivity index (χ1) is 8.63. The fourth-order valence-corrected chi connectivity index (χ4v) is 1.45. The first kappa shape index (κ1) is 12.7. The van der Waals surface area contributed by atoms with Crippen LogP contribution in [-0.4, -0.2) is 21.2 Å². The van der Waals surface area contributed by atoms with E-state index in [1.807, 2.05) is 0 Å². The monoisotopic (exact) mass is 285 g/mol. The van der Waals surface area contributed by atoms with Crippen molar-refractivity contribution in [1.82, 2.24) is 15.0 Å². The summed E-state index contributed by atoms with van der Waals surface area (Å²) in [5.74, 6) is -0.186. The second-order valence-corrected chi connectivity index (χ2v) is 3.79. The van der Waals surface area contributed by atoms with E-state index in [4.69, 9.17) is 23.2 Å². The molecule has 0 aliphatic heterocycles. The summed E-state index contributed by atoms with van der Waals surface area (Å²) in [7, 11) is 0. The highest BCUT2D eigenvalue weighted by Gasteiger charge is 2.00. The summed E-state index contributed by atoms with van der Waals surface area (Å²) in [6, 6.07) is 5.82. The second kappa shape index (κ2) is 5.70. The summed E-state index contributed by atoms with van der Waals surface area (Å²) in [6.07, 6.45) is 1.48. The van der Waals surface area contributed by atoms with Crippen molar-refractivity contribution in [3.63, 3.8) is 0 Å². The Kier molecular flexibility index (Phi) is 4.01. The van der Waals surface area contributed by atoms with Crippen LogP contribution in [0.5, 0.6) is 0 Å². The van der Waals surface area contributed by atoms with E-state index in [2.05, 4.69) is 25.5 Å². The maximum Gasteiger partial charge on any atom is 0.249 e. The Balaban J connectivity index is 2.04. The number of rotatable bonds is 3. The van der Waals surface area contributed by atoms with Gasteiger partial charge in [-0.15, -0.1) is 0 Å². The van der Waals surface area contributed by atoms with Crippen LogP contribution in [0.2, 0.25) is 10.6 Å². The number of halogens is 3. The summed E-state index contributed by atoms with van der Waals surface area (Å²) in [5, 5.41) is 3.79. The summed E-state index contributed by atoms with van der Waals surface area (Å²) in [5.41, 5.74) is 3.25. The van der Waals surface area contributed by atoms with Crippen molar-refractivity contribution in [1.29, 1.82) is 0 Å². The van der Waals surface area contributed by atoms with E-state index in [9.17, 15) is 4.39 Å². The molecule has 1 aromatic carbocycles. The lowest BCUT2D eigenvalue weighted by molar-refractivity contribution is 0.628. The number of anilines is 1. The Labute approximate surface area is 112 Å². The molecule has 8 heteroatoms. The minimum absolute atomic E-state index is 0.0329. The van der Waals surface area contributed by atoms with Gasteiger partial charge in [0.15, 0.2) is 0 Å². The lowest BCUT2D eigenvalue weighted by atomic mass is 10.2. The molecule has 0 fully saturated rings. The van der Waals surface area contributed by atoms with Crippen LogP contribution in [0.25, 0.3) is 0 Å². The van der Waals surface area contributed by atoms with Gasteiger partial charge in [0.25, 0.3) is 0 Å². The zero-order chi connectivity index (χ0) is 13.0. The van der Waals surface area contributed by atoms with Crippen molar-refractivity contribution in [2.75, 3.05) is 5.43 Å². The van der Waals surface area contributed by atoms with Gasteiger partial charge >= 0.3 is 0 Å². The molecular formula is C10H6Cl2FN5. The predicted molar refractivity (Wildman–Crippen MR) is 67.5 cm³/mol. The number of hydrazone groups is 1. The molecule has 2 aromatic rings. The number of hydrogen-bond donors (Lipinski definition) is 1. The molecule has 1 N–H and O–H groups in total. The van der Waals surface area contributed by atoms with Gasteiger partial charge in [-0.25, -0.2) is 9.82 Å². The van der Waals surface area contributed by atoms with Crippen molar-refractivity contribution in [3.8, 4) is 0 Å². The average Bonchev–Trinajstić information content (AvgIpc) is 2.30. The van der Waals surface area contributed by atoms with Gasteiger partial charge in [0.1, 0.15) is 5.82 Å². The van der Waals surface area contributed by atoms with Gasteiger partial charge in [-0.3, -0.25) is 0 Å². The lowest BCUT2D eigenvalue weighted by Crippen LogP contribution is -1.99. The number of benzene rings is 1. The van der Waals surface area contributed by atoms with E-state index < -0.39 is 0 Å². The minimum atomic E-state index is -0.309. The first-order valence-electron chi connectivity index (χ1n) is 4.75. The van der Waals surface area contributed by atoms with E-state index in [0.29, 0.717) is 0 Å². The molecule has 92 valence electrons. The van der Waals surface area contributed by atoms with Crippen LogP contribution >= 0.6 is 23.2 Å². The largest absolute Gasteiger partial charge is 0.249 e. The van der Waals surface area contributed by atoms with Gasteiger partial charge in [-0.2, -0.15) is 20.1 Å². The molecule has 0 unspecified atom stereocenters. The van der Waals surface area contributed by atoms with Gasteiger partial charge in [0.2, 0.25) is 16.5 Å².